The second kappa shape index (κ2) is 6.07. The van der Waals surface area contributed by atoms with Gasteiger partial charge >= 0.3 is 5.97 Å². The molecule has 1 aromatic rings. The average Bonchev–Trinajstić information content (AvgIpc) is 2.28. The van der Waals surface area contributed by atoms with Crippen molar-refractivity contribution in [3.05, 3.63) is 35.4 Å². The number of aliphatic carboxylic acids is 1. The van der Waals surface area contributed by atoms with Gasteiger partial charge in [0.15, 0.2) is 5.78 Å². The predicted molar refractivity (Wildman–Crippen MR) is 65.4 cm³/mol. The van der Waals surface area contributed by atoms with Crippen LogP contribution in [0.1, 0.15) is 29.3 Å². The van der Waals surface area contributed by atoms with E-state index in [0.717, 1.165) is 0 Å². The van der Waals surface area contributed by atoms with Gasteiger partial charge in [-0.15, -0.1) is 0 Å². The highest BCUT2D eigenvalue weighted by Crippen LogP contribution is 2.10. The number of carbonyl (C=O) groups excluding carboxylic acids is 2. The minimum Gasteiger partial charge on any atom is -0.480 e. The molecule has 0 spiro atoms. The number of benzene rings is 1. The Hall–Kier alpha value is -2.01. The second-order valence-electron chi connectivity index (χ2n) is 4.15. The van der Waals surface area contributed by atoms with Crippen LogP contribution in [0.4, 0.5) is 0 Å². The van der Waals surface area contributed by atoms with Gasteiger partial charge in [-0.25, -0.2) is 0 Å². The maximum absolute atomic E-state index is 11.7. The van der Waals surface area contributed by atoms with E-state index in [-0.39, 0.29) is 24.4 Å². The summed E-state index contributed by atoms with van der Waals surface area (Å²) in [4.78, 5) is 33.2. The minimum absolute atomic E-state index is 0.144. The zero-order valence-corrected chi connectivity index (χ0v) is 10.1. The normalized spacial score (nSPS) is 11.9. The number of nitrogens with two attached hydrogens (primary N) is 1. The third-order valence-electron chi connectivity index (χ3n) is 2.43. The van der Waals surface area contributed by atoms with Crippen molar-refractivity contribution in [1.82, 2.24) is 0 Å². The van der Waals surface area contributed by atoms with Crippen LogP contribution in [0.5, 0.6) is 0 Å². The maximum atomic E-state index is 11.7. The fourth-order valence-corrected chi connectivity index (χ4v) is 1.54. The number of hydrogen-bond acceptors (Lipinski definition) is 4. The topological polar surface area (TPSA) is 97.5 Å². The van der Waals surface area contributed by atoms with Crippen LogP contribution >= 0.6 is 0 Å². The first-order valence-corrected chi connectivity index (χ1v) is 5.50. The van der Waals surface area contributed by atoms with Crippen molar-refractivity contribution in [1.29, 1.82) is 0 Å². The van der Waals surface area contributed by atoms with Crippen molar-refractivity contribution < 1.29 is 19.5 Å². The highest BCUT2D eigenvalue weighted by Gasteiger charge is 2.14. The van der Waals surface area contributed by atoms with E-state index in [1.165, 1.54) is 6.92 Å². The van der Waals surface area contributed by atoms with Gasteiger partial charge in [-0.3, -0.25) is 14.4 Å². The van der Waals surface area contributed by atoms with Gasteiger partial charge in [-0.05, 0) is 25.0 Å². The SMILES string of the molecule is CC(=O)CC(=O)c1cccc(CC(N)C(=O)O)c1. The minimum atomic E-state index is -1.09. The molecule has 0 aliphatic carbocycles. The lowest BCUT2D eigenvalue weighted by Gasteiger charge is -2.07. The van der Waals surface area contributed by atoms with E-state index in [1.54, 1.807) is 24.3 Å². The zero-order valence-electron chi connectivity index (χ0n) is 10.1. The van der Waals surface area contributed by atoms with Crippen LogP contribution < -0.4 is 5.73 Å². The van der Waals surface area contributed by atoms with E-state index >= 15 is 0 Å². The van der Waals surface area contributed by atoms with Crippen LogP contribution in [0.3, 0.4) is 0 Å². The number of carbonyl (C=O) groups is 3. The summed E-state index contributed by atoms with van der Waals surface area (Å²) < 4.78 is 0. The lowest BCUT2D eigenvalue weighted by atomic mass is 10.0. The van der Waals surface area contributed by atoms with Crippen LogP contribution in [0.2, 0.25) is 0 Å². The Morgan fingerprint density at radius 1 is 1.33 bits per heavy atom. The molecule has 0 saturated carbocycles. The second-order valence-corrected chi connectivity index (χ2v) is 4.15. The molecule has 0 bridgehead atoms. The monoisotopic (exact) mass is 249 g/mol. The number of hydrogen-bond donors (Lipinski definition) is 2. The van der Waals surface area contributed by atoms with Gasteiger partial charge in [0.2, 0.25) is 0 Å². The lowest BCUT2D eigenvalue weighted by molar-refractivity contribution is -0.138. The fraction of sp³-hybridized carbons (Fsp3) is 0.308. The zero-order chi connectivity index (χ0) is 13.7. The van der Waals surface area contributed by atoms with E-state index in [9.17, 15) is 14.4 Å². The molecule has 18 heavy (non-hydrogen) atoms. The third kappa shape index (κ3) is 4.10. The van der Waals surface area contributed by atoms with Crippen molar-refractivity contribution in [3.8, 4) is 0 Å². The van der Waals surface area contributed by atoms with Crippen molar-refractivity contribution in [2.24, 2.45) is 5.73 Å². The van der Waals surface area contributed by atoms with Crippen molar-refractivity contribution >= 4 is 17.5 Å². The van der Waals surface area contributed by atoms with E-state index in [0.29, 0.717) is 11.1 Å². The van der Waals surface area contributed by atoms with Gasteiger partial charge in [-0.2, -0.15) is 0 Å². The van der Waals surface area contributed by atoms with Gasteiger partial charge in [-0.1, -0.05) is 18.2 Å². The molecule has 1 rings (SSSR count). The van der Waals surface area contributed by atoms with Gasteiger partial charge < -0.3 is 10.8 Å². The molecule has 0 fully saturated rings. The summed E-state index contributed by atoms with van der Waals surface area (Å²) in [7, 11) is 0. The lowest BCUT2D eigenvalue weighted by Crippen LogP contribution is -2.32. The smallest absolute Gasteiger partial charge is 0.320 e. The highest BCUT2D eigenvalue weighted by atomic mass is 16.4. The molecule has 96 valence electrons. The van der Waals surface area contributed by atoms with E-state index in [1.807, 2.05) is 0 Å². The molecular weight excluding hydrogens is 234 g/mol. The molecule has 5 heteroatoms. The molecule has 1 aromatic carbocycles. The summed E-state index contributed by atoms with van der Waals surface area (Å²) in [5, 5.41) is 8.70. The van der Waals surface area contributed by atoms with Gasteiger partial charge in [0.05, 0.1) is 6.42 Å². The standard InChI is InChI=1S/C13H15NO4/c1-8(15)5-12(16)10-4-2-3-9(6-10)7-11(14)13(17)18/h2-4,6,11H,5,7,14H2,1H3,(H,17,18). The first kappa shape index (κ1) is 14.1. The molecule has 1 unspecified atom stereocenters. The molecule has 1 atom stereocenters. The summed E-state index contributed by atoms with van der Waals surface area (Å²) in [6.07, 6.45) is 0.00492. The molecular formula is C13H15NO4. The van der Waals surface area contributed by atoms with Crippen LogP contribution in [0, 0.1) is 0 Å². The third-order valence-corrected chi connectivity index (χ3v) is 2.43. The molecule has 3 N–H and O–H groups in total. The number of Topliss-reactive ketones (excluding diaryl/α,β-unsaturated/α-hetero) is 2. The highest BCUT2D eigenvalue weighted by molar-refractivity contribution is 6.07. The average molecular weight is 249 g/mol. The first-order chi connectivity index (χ1) is 8.40. The summed E-state index contributed by atoms with van der Waals surface area (Å²) in [6, 6.07) is 5.53. The Kier molecular flexibility index (Phi) is 4.74. The van der Waals surface area contributed by atoms with Crippen LogP contribution in [-0.2, 0) is 16.0 Å². The number of carboxylic acid groups (broad SMARTS) is 1. The molecule has 0 aromatic heterocycles. The van der Waals surface area contributed by atoms with Crippen LogP contribution in [0.25, 0.3) is 0 Å². The number of carboxylic acids is 1. The van der Waals surface area contributed by atoms with E-state index < -0.39 is 12.0 Å². The van der Waals surface area contributed by atoms with E-state index in [2.05, 4.69) is 0 Å². The summed E-state index contributed by atoms with van der Waals surface area (Å²) >= 11 is 0. The number of rotatable bonds is 6. The molecule has 0 aliphatic heterocycles. The first-order valence-electron chi connectivity index (χ1n) is 5.50. The fourth-order valence-electron chi connectivity index (χ4n) is 1.54. The van der Waals surface area contributed by atoms with Gasteiger partial charge in [0, 0.05) is 5.56 Å². The quantitative estimate of drug-likeness (QED) is 0.574. The maximum Gasteiger partial charge on any atom is 0.320 e. The van der Waals surface area contributed by atoms with Gasteiger partial charge in [0.1, 0.15) is 11.8 Å². The molecule has 0 amide bonds. The predicted octanol–water partition coefficient (Wildman–Crippen LogP) is 0.803. The summed E-state index contributed by atoms with van der Waals surface area (Å²) in [5.41, 5.74) is 6.49. The Bertz CT molecular complexity index is 482. The van der Waals surface area contributed by atoms with Crippen molar-refractivity contribution in [3.63, 3.8) is 0 Å². The largest absolute Gasteiger partial charge is 0.480 e. The van der Waals surface area contributed by atoms with Gasteiger partial charge in [0.25, 0.3) is 0 Å². The Morgan fingerprint density at radius 3 is 2.56 bits per heavy atom. The Labute approximate surface area is 105 Å². The number of ketones is 2. The molecule has 0 radical (unpaired) electrons. The molecule has 0 aliphatic rings. The van der Waals surface area contributed by atoms with Crippen LogP contribution in [0.15, 0.2) is 24.3 Å². The van der Waals surface area contributed by atoms with Crippen LogP contribution in [-0.4, -0.2) is 28.7 Å². The molecule has 0 saturated heterocycles. The summed E-state index contributed by atoms with van der Waals surface area (Å²) in [6.45, 7) is 1.35. The Morgan fingerprint density at radius 2 is 2.00 bits per heavy atom. The molecule has 0 heterocycles. The summed E-state index contributed by atoms with van der Waals surface area (Å²) in [5.74, 6) is -1.56. The van der Waals surface area contributed by atoms with Crippen molar-refractivity contribution in [2.75, 3.05) is 0 Å². The van der Waals surface area contributed by atoms with Crippen molar-refractivity contribution in [2.45, 2.75) is 25.8 Å². The van der Waals surface area contributed by atoms with E-state index in [4.69, 9.17) is 10.8 Å². The Balaban J connectivity index is 2.82. The molecule has 5 nitrogen and oxygen atoms in total.